The summed E-state index contributed by atoms with van der Waals surface area (Å²) in [7, 11) is 0. The topological polar surface area (TPSA) is 96.1 Å². The van der Waals surface area contributed by atoms with E-state index in [1.54, 1.807) is 0 Å². The molecular formula is C15H27N5O. The van der Waals surface area contributed by atoms with Crippen LogP contribution in [0.4, 0.5) is 11.6 Å². The number of aliphatic hydroxyl groups excluding tert-OH is 1. The summed E-state index contributed by atoms with van der Waals surface area (Å²) in [5.74, 6) is 7.76. The molecule has 0 spiro atoms. The van der Waals surface area contributed by atoms with Gasteiger partial charge in [-0.3, -0.25) is 0 Å². The average Bonchev–Trinajstić information content (AvgIpc) is 2.54. The Morgan fingerprint density at radius 1 is 1.19 bits per heavy atom. The van der Waals surface area contributed by atoms with Crippen molar-refractivity contribution in [2.75, 3.05) is 23.9 Å². The van der Waals surface area contributed by atoms with Gasteiger partial charge in [0.2, 0.25) is 0 Å². The van der Waals surface area contributed by atoms with E-state index in [-0.39, 0.29) is 12.0 Å². The SMILES string of the molecule is CCc1nc(NN)c(C)c(NCC2(CO)CCCCC2)n1. The van der Waals surface area contributed by atoms with Gasteiger partial charge in [0, 0.05) is 23.9 Å². The van der Waals surface area contributed by atoms with Crippen LogP contribution in [0.5, 0.6) is 0 Å². The van der Waals surface area contributed by atoms with E-state index in [2.05, 4.69) is 20.7 Å². The van der Waals surface area contributed by atoms with Crippen LogP contribution in [0.1, 0.15) is 50.4 Å². The van der Waals surface area contributed by atoms with Crippen LogP contribution in [0, 0.1) is 12.3 Å². The molecule has 0 saturated heterocycles. The molecule has 1 saturated carbocycles. The van der Waals surface area contributed by atoms with Crippen LogP contribution in [0.25, 0.3) is 0 Å². The number of nitrogens with one attached hydrogen (secondary N) is 2. The number of nitrogen functional groups attached to an aromatic ring is 1. The summed E-state index contributed by atoms with van der Waals surface area (Å²) in [6, 6.07) is 0. The number of aryl methyl sites for hydroxylation is 1. The Morgan fingerprint density at radius 2 is 1.86 bits per heavy atom. The number of rotatable bonds is 6. The van der Waals surface area contributed by atoms with Crippen molar-refractivity contribution in [3.05, 3.63) is 11.4 Å². The highest BCUT2D eigenvalue weighted by molar-refractivity contribution is 5.56. The highest BCUT2D eigenvalue weighted by atomic mass is 16.3. The highest BCUT2D eigenvalue weighted by Gasteiger charge is 2.31. The molecule has 0 radical (unpaired) electrons. The molecule has 1 fully saturated rings. The molecule has 1 aromatic rings. The zero-order chi connectivity index (χ0) is 15.3. The number of aromatic nitrogens is 2. The highest BCUT2D eigenvalue weighted by Crippen LogP contribution is 2.36. The van der Waals surface area contributed by atoms with Crippen LogP contribution in [0.2, 0.25) is 0 Å². The maximum atomic E-state index is 9.79. The van der Waals surface area contributed by atoms with Gasteiger partial charge in [-0.05, 0) is 19.8 Å². The van der Waals surface area contributed by atoms with Crippen LogP contribution < -0.4 is 16.6 Å². The van der Waals surface area contributed by atoms with E-state index in [1.807, 2.05) is 13.8 Å². The van der Waals surface area contributed by atoms with Gasteiger partial charge in [-0.2, -0.15) is 0 Å². The van der Waals surface area contributed by atoms with Gasteiger partial charge in [0.05, 0.1) is 6.61 Å². The number of hydrazine groups is 1. The molecule has 6 nitrogen and oxygen atoms in total. The lowest BCUT2D eigenvalue weighted by atomic mass is 9.74. The molecule has 2 rings (SSSR count). The fraction of sp³-hybridized carbons (Fsp3) is 0.733. The smallest absolute Gasteiger partial charge is 0.148 e. The van der Waals surface area contributed by atoms with Gasteiger partial charge in [-0.1, -0.05) is 26.2 Å². The van der Waals surface area contributed by atoms with Crippen LogP contribution in [-0.2, 0) is 6.42 Å². The average molecular weight is 293 g/mol. The van der Waals surface area contributed by atoms with Crippen LogP contribution >= 0.6 is 0 Å². The zero-order valence-corrected chi connectivity index (χ0v) is 13.1. The Balaban J connectivity index is 2.14. The molecule has 5 N–H and O–H groups in total. The van der Waals surface area contributed by atoms with Crippen molar-refractivity contribution in [2.24, 2.45) is 11.3 Å². The van der Waals surface area contributed by atoms with E-state index in [4.69, 9.17) is 5.84 Å². The van der Waals surface area contributed by atoms with Crippen LogP contribution in [0.15, 0.2) is 0 Å². The Bertz CT molecular complexity index is 471. The standard InChI is InChI=1S/C15H27N5O/c1-3-12-18-13(11(2)14(19-12)20-16)17-9-15(10-21)7-5-4-6-8-15/h21H,3-10,16H2,1-2H3,(H2,17,18,19,20). The van der Waals surface area contributed by atoms with E-state index >= 15 is 0 Å². The molecule has 0 amide bonds. The van der Waals surface area contributed by atoms with Crippen LogP contribution in [-0.4, -0.2) is 28.2 Å². The lowest BCUT2D eigenvalue weighted by Crippen LogP contribution is -2.36. The number of nitrogens with two attached hydrogens (primary N) is 1. The monoisotopic (exact) mass is 293 g/mol. The molecule has 1 aliphatic carbocycles. The number of aliphatic hydroxyl groups is 1. The molecule has 0 unspecified atom stereocenters. The maximum Gasteiger partial charge on any atom is 0.148 e. The Labute approximate surface area is 126 Å². The quantitative estimate of drug-likeness (QED) is 0.473. The minimum absolute atomic E-state index is 0.0156. The third kappa shape index (κ3) is 3.63. The summed E-state index contributed by atoms with van der Waals surface area (Å²) in [5, 5.41) is 13.2. The molecular weight excluding hydrogens is 266 g/mol. The summed E-state index contributed by atoms with van der Waals surface area (Å²) >= 11 is 0. The van der Waals surface area contributed by atoms with Gasteiger partial charge >= 0.3 is 0 Å². The first kappa shape index (κ1) is 16.0. The second kappa shape index (κ2) is 7.04. The van der Waals surface area contributed by atoms with Crippen molar-refractivity contribution in [2.45, 2.75) is 52.4 Å². The first-order valence-corrected chi connectivity index (χ1v) is 7.83. The number of hydrogen-bond donors (Lipinski definition) is 4. The number of anilines is 2. The van der Waals surface area contributed by atoms with Gasteiger partial charge in [0.25, 0.3) is 0 Å². The summed E-state index contributed by atoms with van der Waals surface area (Å²) in [6.45, 7) is 4.94. The molecule has 1 aromatic heterocycles. The minimum atomic E-state index is -0.0156. The third-order valence-electron chi connectivity index (χ3n) is 4.53. The zero-order valence-electron chi connectivity index (χ0n) is 13.1. The molecule has 0 aliphatic heterocycles. The van der Waals surface area contributed by atoms with E-state index in [0.29, 0.717) is 5.82 Å². The summed E-state index contributed by atoms with van der Waals surface area (Å²) in [6.07, 6.45) is 6.57. The summed E-state index contributed by atoms with van der Waals surface area (Å²) < 4.78 is 0. The minimum Gasteiger partial charge on any atom is -0.396 e. The van der Waals surface area contributed by atoms with Gasteiger partial charge in [-0.15, -0.1) is 0 Å². The van der Waals surface area contributed by atoms with E-state index in [1.165, 1.54) is 19.3 Å². The normalized spacial score (nSPS) is 17.5. The molecule has 118 valence electrons. The molecule has 21 heavy (non-hydrogen) atoms. The predicted octanol–water partition coefficient (Wildman–Crippen LogP) is 1.99. The van der Waals surface area contributed by atoms with Crippen molar-refractivity contribution in [3.63, 3.8) is 0 Å². The van der Waals surface area contributed by atoms with Gasteiger partial charge in [0.15, 0.2) is 0 Å². The Kier molecular flexibility index (Phi) is 5.36. The third-order valence-corrected chi connectivity index (χ3v) is 4.53. The molecule has 0 atom stereocenters. The Morgan fingerprint density at radius 3 is 2.43 bits per heavy atom. The fourth-order valence-corrected chi connectivity index (χ4v) is 3.00. The fourth-order valence-electron chi connectivity index (χ4n) is 3.00. The first-order valence-electron chi connectivity index (χ1n) is 7.83. The summed E-state index contributed by atoms with van der Waals surface area (Å²) in [5.41, 5.74) is 3.53. The van der Waals surface area contributed by atoms with Gasteiger partial charge < -0.3 is 15.8 Å². The second-order valence-corrected chi connectivity index (χ2v) is 6.03. The largest absolute Gasteiger partial charge is 0.396 e. The van der Waals surface area contributed by atoms with E-state index in [9.17, 15) is 5.11 Å². The Hall–Kier alpha value is -1.40. The van der Waals surface area contributed by atoms with Gasteiger partial charge in [-0.25, -0.2) is 15.8 Å². The lowest BCUT2D eigenvalue weighted by molar-refractivity contribution is 0.0943. The van der Waals surface area contributed by atoms with Gasteiger partial charge in [0.1, 0.15) is 17.5 Å². The van der Waals surface area contributed by atoms with Crippen molar-refractivity contribution >= 4 is 11.6 Å². The number of hydrogen-bond acceptors (Lipinski definition) is 6. The molecule has 0 aromatic carbocycles. The van der Waals surface area contributed by atoms with Crippen molar-refractivity contribution in [3.8, 4) is 0 Å². The van der Waals surface area contributed by atoms with Crippen molar-refractivity contribution < 1.29 is 5.11 Å². The summed E-state index contributed by atoms with van der Waals surface area (Å²) in [4.78, 5) is 8.92. The molecule has 6 heteroatoms. The van der Waals surface area contributed by atoms with E-state index in [0.717, 1.165) is 43.0 Å². The van der Waals surface area contributed by atoms with E-state index < -0.39 is 0 Å². The first-order chi connectivity index (χ1) is 10.1. The lowest BCUT2D eigenvalue weighted by Gasteiger charge is -2.36. The second-order valence-electron chi connectivity index (χ2n) is 6.03. The predicted molar refractivity (Wildman–Crippen MR) is 85.1 cm³/mol. The van der Waals surface area contributed by atoms with Crippen LogP contribution in [0.3, 0.4) is 0 Å². The molecule has 1 aliphatic rings. The maximum absolute atomic E-state index is 9.79. The number of nitrogens with zero attached hydrogens (tertiary/aromatic N) is 2. The van der Waals surface area contributed by atoms with Crippen molar-refractivity contribution in [1.29, 1.82) is 0 Å². The molecule has 1 heterocycles. The molecule has 0 bridgehead atoms. The van der Waals surface area contributed by atoms with Crippen molar-refractivity contribution in [1.82, 2.24) is 9.97 Å².